The number of unbranched alkanes of at least 4 members (excludes halogenated alkanes) is 3. The summed E-state index contributed by atoms with van der Waals surface area (Å²) in [6.07, 6.45) is 3.47. The SMILES string of the molecule is CCCCCCOC(=O)[C@@H](O)CCN. The molecule has 0 unspecified atom stereocenters. The van der Waals surface area contributed by atoms with Crippen LogP contribution < -0.4 is 5.73 Å². The van der Waals surface area contributed by atoms with Crippen molar-refractivity contribution in [2.75, 3.05) is 13.2 Å². The van der Waals surface area contributed by atoms with Gasteiger partial charge in [0.1, 0.15) is 0 Å². The Kier molecular flexibility index (Phi) is 8.57. The fourth-order valence-corrected chi connectivity index (χ4v) is 1.07. The lowest BCUT2D eigenvalue weighted by Gasteiger charge is -2.09. The summed E-state index contributed by atoms with van der Waals surface area (Å²) >= 11 is 0. The molecule has 0 saturated heterocycles. The summed E-state index contributed by atoms with van der Waals surface area (Å²) < 4.78 is 4.86. The Morgan fingerprint density at radius 1 is 1.43 bits per heavy atom. The first-order chi connectivity index (χ1) is 6.72. The molecule has 0 amide bonds. The number of hydrogen-bond donors (Lipinski definition) is 2. The van der Waals surface area contributed by atoms with E-state index in [1.54, 1.807) is 0 Å². The first-order valence-corrected chi connectivity index (χ1v) is 5.27. The molecule has 0 spiro atoms. The van der Waals surface area contributed by atoms with Gasteiger partial charge in [-0.3, -0.25) is 0 Å². The molecule has 0 aliphatic heterocycles. The Labute approximate surface area is 85.4 Å². The van der Waals surface area contributed by atoms with Crippen LogP contribution in [0.4, 0.5) is 0 Å². The molecule has 84 valence electrons. The van der Waals surface area contributed by atoms with Gasteiger partial charge in [0.05, 0.1) is 6.61 Å². The Bertz CT molecular complexity index is 150. The van der Waals surface area contributed by atoms with Gasteiger partial charge in [-0.15, -0.1) is 0 Å². The normalized spacial score (nSPS) is 12.5. The van der Waals surface area contributed by atoms with E-state index in [1.165, 1.54) is 0 Å². The van der Waals surface area contributed by atoms with Crippen molar-refractivity contribution in [3.8, 4) is 0 Å². The minimum Gasteiger partial charge on any atom is -0.464 e. The van der Waals surface area contributed by atoms with E-state index in [0.717, 1.165) is 25.7 Å². The molecule has 3 N–H and O–H groups in total. The van der Waals surface area contributed by atoms with E-state index in [9.17, 15) is 4.79 Å². The molecule has 0 aromatic heterocycles. The molecule has 14 heavy (non-hydrogen) atoms. The topological polar surface area (TPSA) is 72.5 Å². The maximum absolute atomic E-state index is 11.0. The van der Waals surface area contributed by atoms with Crippen molar-refractivity contribution in [3.05, 3.63) is 0 Å². The first kappa shape index (κ1) is 13.4. The minimum absolute atomic E-state index is 0.272. The maximum atomic E-state index is 11.0. The number of esters is 1. The van der Waals surface area contributed by atoms with Gasteiger partial charge in [-0.1, -0.05) is 26.2 Å². The van der Waals surface area contributed by atoms with E-state index in [4.69, 9.17) is 15.6 Å². The average Bonchev–Trinajstić information content (AvgIpc) is 2.17. The number of rotatable bonds is 8. The number of carbonyl (C=O) groups is 1. The lowest BCUT2D eigenvalue weighted by molar-refractivity contribution is -0.153. The molecule has 4 nitrogen and oxygen atoms in total. The fraction of sp³-hybridized carbons (Fsp3) is 0.900. The van der Waals surface area contributed by atoms with E-state index in [1.807, 2.05) is 0 Å². The summed E-state index contributed by atoms with van der Waals surface area (Å²) in [4.78, 5) is 11.0. The predicted octanol–water partition coefficient (Wildman–Crippen LogP) is 0.820. The van der Waals surface area contributed by atoms with Crippen molar-refractivity contribution in [2.45, 2.75) is 45.1 Å². The highest BCUT2D eigenvalue weighted by molar-refractivity contribution is 5.74. The number of hydrogen-bond acceptors (Lipinski definition) is 4. The van der Waals surface area contributed by atoms with E-state index >= 15 is 0 Å². The Balaban J connectivity index is 3.34. The Morgan fingerprint density at radius 2 is 2.14 bits per heavy atom. The van der Waals surface area contributed by atoms with Crippen molar-refractivity contribution < 1.29 is 14.6 Å². The monoisotopic (exact) mass is 203 g/mol. The molecule has 4 heteroatoms. The first-order valence-electron chi connectivity index (χ1n) is 5.27. The van der Waals surface area contributed by atoms with Crippen LogP contribution >= 0.6 is 0 Å². The second kappa shape index (κ2) is 8.97. The average molecular weight is 203 g/mol. The zero-order valence-corrected chi connectivity index (χ0v) is 8.87. The summed E-state index contributed by atoms with van der Waals surface area (Å²) in [5.41, 5.74) is 5.19. The molecule has 0 aromatic rings. The van der Waals surface area contributed by atoms with Crippen LogP contribution in [0.15, 0.2) is 0 Å². The molecular formula is C10H21NO3. The molecule has 0 aromatic carbocycles. The Morgan fingerprint density at radius 3 is 2.71 bits per heavy atom. The highest BCUT2D eigenvalue weighted by Crippen LogP contribution is 2.00. The third-order valence-electron chi connectivity index (χ3n) is 1.95. The van der Waals surface area contributed by atoms with Crippen LogP contribution in [0, 0.1) is 0 Å². The summed E-state index contributed by atoms with van der Waals surface area (Å²) in [5, 5.41) is 9.17. The smallest absolute Gasteiger partial charge is 0.335 e. The van der Waals surface area contributed by atoms with Crippen LogP contribution in [0.2, 0.25) is 0 Å². The van der Waals surface area contributed by atoms with E-state index in [0.29, 0.717) is 13.2 Å². The predicted molar refractivity (Wildman–Crippen MR) is 54.8 cm³/mol. The standard InChI is InChI=1S/C10H21NO3/c1-2-3-4-5-8-14-10(13)9(12)6-7-11/h9,12H,2-8,11H2,1H3/t9-/m0/s1. The van der Waals surface area contributed by atoms with Crippen molar-refractivity contribution in [2.24, 2.45) is 5.73 Å². The molecule has 0 saturated carbocycles. The van der Waals surface area contributed by atoms with Gasteiger partial charge in [-0.25, -0.2) is 4.79 Å². The van der Waals surface area contributed by atoms with Crippen molar-refractivity contribution >= 4 is 5.97 Å². The number of aliphatic hydroxyl groups excluding tert-OH is 1. The third-order valence-corrected chi connectivity index (χ3v) is 1.95. The fourth-order valence-electron chi connectivity index (χ4n) is 1.07. The largest absolute Gasteiger partial charge is 0.464 e. The third kappa shape index (κ3) is 6.86. The lowest BCUT2D eigenvalue weighted by atomic mass is 10.2. The molecular weight excluding hydrogens is 182 g/mol. The van der Waals surface area contributed by atoms with Gasteiger partial charge >= 0.3 is 5.97 Å². The van der Waals surface area contributed by atoms with E-state index < -0.39 is 12.1 Å². The van der Waals surface area contributed by atoms with E-state index in [-0.39, 0.29) is 6.42 Å². The van der Waals surface area contributed by atoms with Gasteiger partial charge in [0, 0.05) is 0 Å². The summed E-state index contributed by atoms with van der Waals surface area (Å²) in [6, 6.07) is 0. The maximum Gasteiger partial charge on any atom is 0.335 e. The summed E-state index contributed by atoms with van der Waals surface area (Å²) in [5.74, 6) is -0.549. The molecule has 0 rings (SSSR count). The molecule has 0 aliphatic carbocycles. The van der Waals surface area contributed by atoms with Crippen LogP contribution in [0.5, 0.6) is 0 Å². The minimum atomic E-state index is -1.05. The molecule has 0 radical (unpaired) electrons. The summed E-state index contributed by atoms with van der Waals surface area (Å²) in [7, 11) is 0. The van der Waals surface area contributed by atoms with Crippen LogP contribution in [-0.4, -0.2) is 30.3 Å². The Hall–Kier alpha value is -0.610. The van der Waals surface area contributed by atoms with Crippen molar-refractivity contribution in [3.63, 3.8) is 0 Å². The van der Waals surface area contributed by atoms with Crippen molar-refractivity contribution in [1.82, 2.24) is 0 Å². The number of nitrogens with two attached hydrogens (primary N) is 1. The molecule has 0 aliphatic rings. The van der Waals surface area contributed by atoms with Gasteiger partial charge < -0.3 is 15.6 Å². The highest BCUT2D eigenvalue weighted by Gasteiger charge is 2.14. The zero-order chi connectivity index (χ0) is 10.8. The van der Waals surface area contributed by atoms with E-state index in [2.05, 4.69) is 6.92 Å². The number of carbonyl (C=O) groups excluding carboxylic acids is 1. The van der Waals surface area contributed by atoms with Crippen LogP contribution in [0.3, 0.4) is 0 Å². The van der Waals surface area contributed by atoms with Gasteiger partial charge in [0.15, 0.2) is 6.10 Å². The molecule has 0 heterocycles. The van der Waals surface area contributed by atoms with Gasteiger partial charge in [0.2, 0.25) is 0 Å². The van der Waals surface area contributed by atoms with Crippen LogP contribution in [0.25, 0.3) is 0 Å². The quantitative estimate of drug-likeness (QED) is 0.452. The number of ether oxygens (including phenoxy) is 1. The number of aliphatic hydroxyl groups is 1. The van der Waals surface area contributed by atoms with Crippen molar-refractivity contribution in [1.29, 1.82) is 0 Å². The van der Waals surface area contributed by atoms with Crippen LogP contribution in [0.1, 0.15) is 39.0 Å². The lowest BCUT2D eigenvalue weighted by Crippen LogP contribution is -2.26. The molecule has 1 atom stereocenters. The second-order valence-electron chi connectivity index (χ2n) is 3.32. The van der Waals surface area contributed by atoms with Gasteiger partial charge in [-0.2, -0.15) is 0 Å². The molecule has 0 fully saturated rings. The molecule has 0 bridgehead atoms. The zero-order valence-electron chi connectivity index (χ0n) is 8.87. The van der Waals surface area contributed by atoms with Gasteiger partial charge in [-0.05, 0) is 19.4 Å². The van der Waals surface area contributed by atoms with Crippen LogP contribution in [-0.2, 0) is 9.53 Å². The summed E-state index contributed by atoms with van der Waals surface area (Å²) in [6.45, 7) is 2.82. The van der Waals surface area contributed by atoms with Gasteiger partial charge in [0.25, 0.3) is 0 Å². The highest BCUT2D eigenvalue weighted by atomic mass is 16.5. The second-order valence-corrected chi connectivity index (χ2v) is 3.32.